The van der Waals surface area contributed by atoms with Crippen molar-refractivity contribution in [2.75, 3.05) is 0 Å². The van der Waals surface area contributed by atoms with Gasteiger partial charge in [0, 0.05) is 21.2 Å². The molecule has 2 bridgehead atoms. The van der Waals surface area contributed by atoms with Crippen LogP contribution >= 0.6 is 23.2 Å². The summed E-state index contributed by atoms with van der Waals surface area (Å²) in [4.78, 5) is 13.0. The van der Waals surface area contributed by atoms with E-state index in [2.05, 4.69) is 29.6 Å². The molecule has 24 heavy (non-hydrogen) atoms. The third-order valence-corrected chi connectivity index (χ3v) is 6.06. The molecule has 0 amide bonds. The molecule has 2 aliphatic rings. The molecule has 1 heterocycles. The highest BCUT2D eigenvalue weighted by molar-refractivity contribution is 6.30. The summed E-state index contributed by atoms with van der Waals surface area (Å²) in [6.45, 7) is 0. The van der Waals surface area contributed by atoms with Crippen LogP contribution in [0, 0.1) is 11.8 Å². The van der Waals surface area contributed by atoms with Gasteiger partial charge in [0.05, 0.1) is 11.8 Å². The Morgan fingerprint density at radius 2 is 1.17 bits per heavy atom. The Morgan fingerprint density at radius 3 is 1.58 bits per heavy atom. The number of nitrogens with two attached hydrogens (primary N) is 1. The quantitative estimate of drug-likeness (QED) is 0.848. The number of Topliss-reactive ketones (excluding diaryl/α,β-unsaturated/α-hetero) is 1. The van der Waals surface area contributed by atoms with Gasteiger partial charge in [0.1, 0.15) is 12.1 Å². The monoisotopic (exact) mass is 360 g/mol. The zero-order valence-electron chi connectivity index (χ0n) is 13.3. The molecule has 2 aromatic carbocycles. The summed E-state index contributed by atoms with van der Waals surface area (Å²) < 4.78 is 0. The maximum Gasteiger partial charge on any atom is 0.151 e. The number of carbonyl (C=O) groups is 1. The molecule has 4 rings (SSSR count). The van der Waals surface area contributed by atoms with Gasteiger partial charge >= 0.3 is 0 Å². The standard InChI is InChI=1S/C20H19Cl2NO/c21-14-8-4-12(5-9-14)18-16-2-1-3-17(20(16)24)19(23-18)13-6-10-15(22)11-7-13/h4-11,16-19,23H,1-3H2/p+1/t16-,17-,18-,19-/m1/s1. The number of quaternary nitrogens is 1. The Labute approximate surface area is 152 Å². The Kier molecular flexibility index (Phi) is 4.38. The Bertz CT molecular complexity index is 680. The Hall–Kier alpha value is -1.35. The van der Waals surface area contributed by atoms with Crippen molar-refractivity contribution in [1.82, 2.24) is 0 Å². The SMILES string of the molecule is O=C1[C@@H]2CCC[C@@H]1[C@@H](c1ccc(Cl)cc1)[NH2+][C@@H]2c1ccc(Cl)cc1. The molecule has 1 aliphatic carbocycles. The van der Waals surface area contributed by atoms with Gasteiger partial charge in [-0.25, -0.2) is 0 Å². The van der Waals surface area contributed by atoms with Gasteiger partial charge in [-0.3, -0.25) is 4.79 Å². The molecule has 1 aliphatic heterocycles. The van der Waals surface area contributed by atoms with Gasteiger partial charge in [0.15, 0.2) is 5.78 Å². The molecule has 0 radical (unpaired) electrons. The van der Waals surface area contributed by atoms with Crippen LogP contribution in [0.4, 0.5) is 0 Å². The second-order valence-electron chi connectivity index (χ2n) is 6.89. The molecule has 2 N–H and O–H groups in total. The molecule has 4 heteroatoms. The van der Waals surface area contributed by atoms with Gasteiger partial charge in [-0.1, -0.05) is 53.9 Å². The van der Waals surface area contributed by atoms with Crippen molar-refractivity contribution in [2.24, 2.45) is 11.8 Å². The first-order chi connectivity index (χ1) is 11.6. The van der Waals surface area contributed by atoms with E-state index in [4.69, 9.17) is 23.2 Å². The number of benzene rings is 2. The summed E-state index contributed by atoms with van der Waals surface area (Å²) in [6.07, 6.45) is 3.11. The molecule has 0 unspecified atom stereocenters. The maximum absolute atomic E-state index is 13.0. The number of rotatable bonds is 2. The molecule has 1 saturated carbocycles. The minimum atomic E-state index is 0.119. The van der Waals surface area contributed by atoms with E-state index in [0.29, 0.717) is 5.78 Å². The highest BCUT2D eigenvalue weighted by Crippen LogP contribution is 2.41. The summed E-state index contributed by atoms with van der Waals surface area (Å²) >= 11 is 12.1. The number of hydrogen-bond acceptors (Lipinski definition) is 1. The molecule has 0 spiro atoms. The summed E-state index contributed by atoms with van der Waals surface area (Å²) in [7, 11) is 0. The molecule has 2 fully saturated rings. The van der Waals surface area contributed by atoms with Crippen molar-refractivity contribution in [3.63, 3.8) is 0 Å². The van der Waals surface area contributed by atoms with E-state index < -0.39 is 0 Å². The van der Waals surface area contributed by atoms with Crippen LogP contribution in [0.1, 0.15) is 42.5 Å². The van der Waals surface area contributed by atoms with E-state index in [1.54, 1.807) is 0 Å². The summed E-state index contributed by atoms with van der Waals surface area (Å²) in [6, 6.07) is 16.3. The van der Waals surface area contributed by atoms with Crippen molar-refractivity contribution in [1.29, 1.82) is 0 Å². The van der Waals surface area contributed by atoms with Crippen molar-refractivity contribution in [3.8, 4) is 0 Å². The van der Waals surface area contributed by atoms with E-state index in [9.17, 15) is 4.79 Å². The predicted octanol–water partition coefficient (Wildman–Crippen LogP) is 4.34. The lowest BCUT2D eigenvalue weighted by Gasteiger charge is -2.42. The normalized spacial score (nSPS) is 29.5. The number of ketones is 1. The number of fused-ring (bicyclic) bond motifs is 2. The third kappa shape index (κ3) is 2.88. The molecular formula is C20H20Cl2NO+. The van der Waals surface area contributed by atoms with Crippen molar-refractivity contribution in [2.45, 2.75) is 31.3 Å². The number of halogens is 2. The topological polar surface area (TPSA) is 33.7 Å². The zero-order chi connectivity index (χ0) is 16.7. The average Bonchev–Trinajstić information content (AvgIpc) is 2.57. The summed E-state index contributed by atoms with van der Waals surface area (Å²) in [5.74, 6) is 0.672. The fourth-order valence-corrected chi connectivity index (χ4v) is 4.63. The summed E-state index contributed by atoms with van der Waals surface area (Å²) in [5.41, 5.74) is 2.38. The van der Waals surface area contributed by atoms with Crippen LogP contribution in [0.2, 0.25) is 10.0 Å². The predicted molar refractivity (Wildman–Crippen MR) is 96.1 cm³/mol. The minimum absolute atomic E-state index is 0.119. The second-order valence-corrected chi connectivity index (χ2v) is 7.77. The first-order valence-corrected chi connectivity index (χ1v) is 9.29. The van der Waals surface area contributed by atoms with Crippen molar-refractivity contribution < 1.29 is 10.1 Å². The molecule has 124 valence electrons. The van der Waals surface area contributed by atoms with Crippen LogP contribution < -0.4 is 5.32 Å². The molecule has 1 saturated heterocycles. The maximum atomic E-state index is 13.0. The van der Waals surface area contributed by atoms with Crippen molar-refractivity contribution in [3.05, 3.63) is 69.7 Å². The van der Waals surface area contributed by atoms with Crippen LogP contribution in [0.3, 0.4) is 0 Å². The van der Waals surface area contributed by atoms with Crippen LogP contribution in [0.15, 0.2) is 48.5 Å². The lowest BCUT2D eigenvalue weighted by atomic mass is 9.67. The van der Waals surface area contributed by atoms with E-state index >= 15 is 0 Å². The van der Waals surface area contributed by atoms with E-state index in [-0.39, 0.29) is 23.9 Å². The molecule has 2 nitrogen and oxygen atoms in total. The third-order valence-electron chi connectivity index (χ3n) is 5.55. The Morgan fingerprint density at radius 1 is 0.750 bits per heavy atom. The van der Waals surface area contributed by atoms with Gasteiger partial charge in [0.2, 0.25) is 0 Å². The van der Waals surface area contributed by atoms with E-state index in [0.717, 1.165) is 29.3 Å². The zero-order valence-corrected chi connectivity index (χ0v) is 14.8. The lowest BCUT2D eigenvalue weighted by Crippen LogP contribution is -2.92. The largest absolute Gasteiger partial charge is 0.333 e. The number of carbonyl (C=O) groups excluding carboxylic acids is 1. The molecule has 4 atom stereocenters. The minimum Gasteiger partial charge on any atom is -0.333 e. The second kappa shape index (κ2) is 6.51. The fourth-order valence-electron chi connectivity index (χ4n) is 4.38. The smallest absolute Gasteiger partial charge is 0.151 e. The number of hydrogen-bond donors (Lipinski definition) is 1. The lowest BCUT2D eigenvalue weighted by molar-refractivity contribution is -0.750. The Balaban J connectivity index is 1.71. The van der Waals surface area contributed by atoms with Crippen LogP contribution in [0.5, 0.6) is 0 Å². The first kappa shape index (κ1) is 16.1. The van der Waals surface area contributed by atoms with Crippen molar-refractivity contribution >= 4 is 29.0 Å². The number of piperidine rings is 1. The average molecular weight is 361 g/mol. The molecule has 0 aromatic heterocycles. The fraction of sp³-hybridized carbons (Fsp3) is 0.350. The first-order valence-electron chi connectivity index (χ1n) is 8.53. The van der Waals surface area contributed by atoms with E-state index in [1.165, 1.54) is 11.1 Å². The highest BCUT2D eigenvalue weighted by Gasteiger charge is 2.49. The summed E-state index contributed by atoms with van der Waals surface area (Å²) in [5, 5.41) is 3.86. The van der Waals surface area contributed by atoms with Gasteiger partial charge < -0.3 is 5.32 Å². The molecular weight excluding hydrogens is 341 g/mol. The van der Waals surface area contributed by atoms with Crippen LogP contribution in [-0.2, 0) is 4.79 Å². The highest BCUT2D eigenvalue weighted by atomic mass is 35.5. The van der Waals surface area contributed by atoms with Gasteiger partial charge in [-0.05, 0) is 37.1 Å². The van der Waals surface area contributed by atoms with Crippen LogP contribution in [-0.4, -0.2) is 5.78 Å². The van der Waals surface area contributed by atoms with E-state index in [1.807, 2.05) is 24.3 Å². The molecule has 2 aromatic rings. The van der Waals surface area contributed by atoms with Gasteiger partial charge in [0.25, 0.3) is 0 Å². The van der Waals surface area contributed by atoms with Gasteiger partial charge in [-0.15, -0.1) is 0 Å². The van der Waals surface area contributed by atoms with Crippen LogP contribution in [0.25, 0.3) is 0 Å². The van der Waals surface area contributed by atoms with Gasteiger partial charge in [-0.2, -0.15) is 0 Å².